The summed E-state index contributed by atoms with van der Waals surface area (Å²) in [5, 5.41) is 0. The summed E-state index contributed by atoms with van der Waals surface area (Å²) < 4.78 is 47.4. The molecule has 4 fully saturated rings. The summed E-state index contributed by atoms with van der Waals surface area (Å²) in [4.78, 5) is 11.1. The summed E-state index contributed by atoms with van der Waals surface area (Å²) >= 11 is 0. The minimum Gasteiger partial charge on any atom is -0.383 e. The molecular formula is C21H24F3N5O. The van der Waals surface area contributed by atoms with Gasteiger partial charge in [-0.3, -0.25) is 4.90 Å². The second-order valence-electron chi connectivity index (χ2n) is 9.23. The van der Waals surface area contributed by atoms with Crippen LogP contribution in [0.15, 0.2) is 18.5 Å². The highest BCUT2D eigenvalue weighted by atomic mass is 19.4. The standard InChI is InChI=1S/C21H24F3N5O/c22-21(23,24)16-3-12(4-26-19(16)25)17-8-29(5-11-1-2-11)20(27-17)18-14-6-28(7-15(14)18)13-9-30-10-13/h3-4,8,11,13-15,18H,1-2,5-7,9-10H2,(H2,25,26). The van der Waals surface area contributed by atoms with Crippen molar-refractivity contribution in [3.8, 4) is 11.3 Å². The highest BCUT2D eigenvalue weighted by Crippen LogP contribution is 2.58. The molecule has 0 radical (unpaired) electrons. The van der Waals surface area contributed by atoms with Gasteiger partial charge in [-0.2, -0.15) is 13.2 Å². The van der Waals surface area contributed by atoms with Crippen LogP contribution in [0.2, 0.25) is 0 Å². The van der Waals surface area contributed by atoms with Crippen LogP contribution in [0.1, 0.15) is 30.1 Å². The van der Waals surface area contributed by atoms with Crippen LogP contribution in [0, 0.1) is 17.8 Å². The molecule has 0 bridgehead atoms. The zero-order valence-electron chi connectivity index (χ0n) is 16.5. The molecule has 30 heavy (non-hydrogen) atoms. The second-order valence-corrected chi connectivity index (χ2v) is 9.23. The van der Waals surface area contributed by atoms with Crippen LogP contribution < -0.4 is 5.73 Å². The molecule has 2 aromatic rings. The lowest BCUT2D eigenvalue weighted by molar-refractivity contribution is -0.137. The predicted octanol–water partition coefficient (Wildman–Crippen LogP) is 3.00. The van der Waals surface area contributed by atoms with Crippen molar-refractivity contribution in [2.24, 2.45) is 17.8 Å². The zero-order chi connectivity index (χ0) is 20.6. The number of ether oxygens (including phenoxy) is 1. The lowest BCUT2D eigenvalue weighted by atomic mass is 10.1. The molecular weight excluding hydrogens is 395 g/mol. The Bertz CT molecular complexity index is 970. The van der Waals surface area contributed by atoms with E-state index in [0.29, 0.717) is 41.0 Å². The molecule has 2 N–H and O–H groups in total. The zero-order valence-corrected chi connectivity index (χ0v) is 16.5. The van der Waals surface area contributed by atoms with E-state index in [1.807, 2.05) is 6.20 Å². The number of imidazole rings is 1. The molecule has 4 heterocycles. The minimum absolute atomic E-state index is 0.367. The van der Waals surface area contributed by atoms with E-state index in [0.717, 1.165) is 44.7 Å². The number of alkyl halides is 3. The molecule has 6 rings (SSSR count). The van der Waals surface area contributed by atoms with Gasteiger partial charge in [0.1, 0.15) is 11.6 Å². The first kappa shape index (κ1) is 18.6. The van der Waals surface area contributed by atoms with Crippen LogP contribution in [0.25, 0.3) is 11.3 Å². The maximum absolute atomic E-state index is 13.3. The van der Waals surface area contributed by atoms with E-state index in [4.69, 9.17) is 15.5 Å². The van der Waals surface area contributed by atoms with Crippen LogP contribution in [0.3, 0.4) is 0 Å². The van der Waals surface area contributed by atoms with Crippen molar-refractivity contribution in [2.45, 2.75) is 37.5 Å². The third-order valence-electron chi connectivity index (χ3n) is 7.14. The van der Waals surface area contributed by atoms with Crippen molar-refractivity contribution in [1.29, 1.82) is 0 Å². The molecule has 0 amide bonds. The van der Waals surface area contributed by atoms with Crippen molar-refractivity contribution in [3.05, 3.63) is 29.8 Å². The Hall–Kier alpha value is -2.13. The van der Waals surface area contributed by atoms with Gasteiger partial charge in [-0.05, 0) is 36.7 Å². The smallest absolute Gasteiger partial charge is 0.383 e. The van der Waals surface area contributed by atoms with Gasteiger partial charge in [-0.25, -0.2) is 9.97 Å². The van der Waals surface area contributed by atoms with Gasteiger partial charge in [-0.15, -0.1) is 0 Å². The average Bonchev–Trinajstić information content (AvgIpc) is 3.48. The summed E-state index contributed by atoms with van der Waals surface area (Å²) in [6.07, 6.45) is 1.19. The van der Waals surface area contributed by atoms with E-state index in [1.54, 1.807) is 0 Å². The topological polar surface area (TPSA) is 69.2 Å². The number of hydrogen-bond donors (Lipinski definition) is 1. The normalized spacial score (nSPS) is 29.1. The molecule has 2 atom stereocenters. The van der Waals surface area contributed by atoms with Gasteiger partial charge in [0.25, 0.3) is 0 Å². The summed E-state index contributed by atoms with van der Waals surface area (Å²) in [7, 11) is 0. The predicted molar refractivity (Wildman–Crippen MR) is 103 cm³/mol. The van der Waals surface area contributed by atoms with Gasteiger partial charge < -0.3 is 15.0 Å². The lowest BCUT2D eigenvalue weighted by Crippen LogP contribution is -2.48. The van der Waals surface area contributed by atoms with E-state index < -0.39 is 17.6 Å². The Morgan fingerprint density at radius 3 is 2.50 bits per heavy atom. The first-order valence-corrected chi connectivity index (χ1v) is 10.6. The van der Waals surface area contributed by atoms with Crippen molar-refractivity contribution < 1.29 is 17.9 Å². The van der Waals surface area contributed by atoms with E-state index in [-0.39, 0.29) is 0 Å². The van der Waals surface area contributed by atoms with E-state index >= 15 is 0 Å². The third-order valence-corrected chi connectivity index (χ3v) is 7.14. The number of piperidine rings is 1. The Kier molecular flexibility index (Phi) is 3.99. The molecule has 2 saturated heterocycles. The van der Waals surface area contributed by atoms with E-state index in [2.05, 4.69) is 14.5 Å². The van der Waals surface area contributed by atoms with Gasteiger partial charge in [0.05, 0.1) is 30.5 Å². The third kappa shape index (κ3) is 3.10. The SMILES string of the molecule is Nc1ncc(-c2cn(CC3CC3)c(C3C4CN(C5COC5)CC43)n2)cc1C(F)(F)F. The first-order chi connectivity index (χ1) is 14.4. The quantitative estimate of drug-likeness (QED) is 0.807. The maximum Gasteiger partial charge on any atom is 0.419 e. The van der Waals surface area contributed by atoms with Gasteiger partial charge in [0.2, 0.25) is 0 Å². The number of anilines is 1. The Morgan fingerprint density at radius 1 is 1.17 bits per heavy atom. The number of rotatable bonds is 5. The largest absolute Gasteiger partial charge is 0.419 e. The van der Waals surface area contributed by atoms with Crippen LogP contribution in [0.4, 0.5) is 19.0 Å². The maximum atomic E-state index is 13.3. The number of nitrogens with zero attached hydrogens (tertiary/aromatic N) is 4. The molecule has 2 aliphatic heterocycles. The molecule has 2 aromatic heterocycles. The van der Waals surface area contributed by atoms with Crippen molar-refractivity contribution in [2.75, 3.05) is 32.0 Å². The number of pyridine rings is 1. The number of likely N-dealkylation sites (tertiary alicyclic amines) is 1. The molecule has 4 aliphatic rings. The lowest BCUT2D eigenvalue weighted by Gasteiger charge is -2.35. The van der Waals surface area contributed by atoms with Crippen molar-refractivity contribution in [1.82, 2.24) is 19.4 Å². The highest BCUT2D eigenvalue weighted by molar-refractivity contribution is 5.62. The number of aromatic nitrogens is 3. The summed E-state index contributed by atoms with van der Waals surface area (Å²) in [6, 6.07) is 1.63. The number of fused-ring (bicyclic) bond motifs is 1. The van der Waals surface area contributed by atoms with Crippen LogP contribution in [0.5, 0.6) is 0 Å². The molecule has 6 nitrogen and oxygen atoms in total. The van der Waals surface area contributed by atoms with Crippen LogP contribution in [-0.2, 0) is 17.5 Å². The summed E-state index contributed by atoms with van der Waals surface area (Å²) in [5.74, 6) is 2.77. The van der Waals surface area contributed by atoms with E-state index in [1.165, 1.54) is 19.0 Å². The highest BCUT2D eigenvalue weighted by Gasteiger charge is 2.59. The van der Waals surface area contributed by atoms with Crippen LogP contribution >= 0.6 is 0 Å². The molecule has 2 unspecified atom stereocenters. The number of hydrogen-bond acceptors (Lipinski definition) is 5. The van der Waals surface area contributed by atoms with Gasteiger partial charge in [-0.1, -0.05) is 0 Å². The first-order valence-electron chi connectivity index (χ1n) is 10.6. The molecule has 160 valence electrons. The fourth-order valence-corrected chi connectivity index (χ4v) is 5.08. The average molecular weight is 419 g/mol. The fourth-order valence-electron chi connectivity index (χ4n) is 5.08. The van der Waals surface area contributed by atoms with Crippen LogP contribution in [-0.4, -0.2) is 51.8 Å². The summed E-state index contributed by atoms with van der Waals surface area (Å²) in [6.45, 7) is 4.69. The van der Waals surface area contributed by atoms with Gasteiger partial charge in [0, 0.05) is 43.5 Å². The number of nitrogen functional groups attached to an aromatic ring is 1. The van der Waals surface area contributed by atoms with Gasteiger partial charge >= 0.3 is 6.18 Å². The number of halogens is 3. The second kappa shape index (κ2) is 6.43. The van der Waals surface area contributed by atoms with Gasteiger partial charge in [0.15, 0.2) is 0 Å². The van der Waals surface area contributed by atoms with Crippen molar-refractivity contribution in [3.63, 3.8) is 0 Å². The monoisotopic (exact) mass is 419 g/mol. The molecule has 0 spiro atoms. The minimum atomic E-state index is -4.53. The molecule has 2 saturated carbocycles. The Morgan fingerprint density at radius 2 is 1.90 bits per heavy atom. The molecule has 2 aliphatic carbocycles. The summed E-state index contributed by atoms with van der Waals surface area (Å²) in [5.41, 5.74) is 5.48. The Balaban J connectivity index is 1.29. The van der Waals surface area contributed by atoms with Crippen molar-refractivity contribution >= 4 is 5.82 Å². The number of nitrogens with two attached hydrogens (primary N) is 1. The molecule has 9 heteroatoms. The van der Waals surface area contributed by atoms with E-state index in [9.17, 15) is 13.2 Å². The molecule has 0 aromatic carbocycles. The fraction of sp³-hybridized carbons (Fsp3) is 0.619. The Labute approximate surface area is 172 Å².